The Hall–Kier alpha value is -2.16. The maximum Gasteiger partial charge on any atom is 0.294 e. The number of amides is 2. The molecule has 1 aromatic carbocycles. The van der Waals surface area contributed by atoms with Crippen LogP contribution in [0.4, 0.5) is 11.4 Å². The van der Waals surface area contributed by atoms with Gasteiger partial charge in [-0.15, -0.1) is 0 Å². The minimum absolute atomic E-state index is 0.0276. The highest BCUT2D eigenvalue weighted by Crippen LogP contribution is 2.40. The summed E-state index contributed by atoms with van der Waals surface area (Å²) in [5, 5.41) is 11.2. The number of halogens is 1. The molecule has 1 aromatic rings. The van der Waals surface area contributed by atoms with Crippen LogP contribution in [0.25, 0.3) is 0 Å². The maximum atomic E-state index is 12.0. The number of hydrogen-bond donors (Lipinski definition) is 1. The van der Waals surface area contributed by atoms with Crippen molar-refractivity contribution in [2.75, 3.05) is 18.6 Å². The van der Waals surface area contributed by atoms with Gasteiger partial charge in [0.05, 0.1) is 22.4 Å². The van der Waals surface area contributed by atoms with Crippen LogP contribution in [0.15, 0.2) is 16.6 Å². The Morgan fingerprint density at radius 3 is 2.71 bits per heavy atom. The molecule has 21 heavy (non-hydrogen) atoms. The summed E-state index contributed by atoms with van der Waals surface area (Å²) in [6.45, 7) is 0.0276. The Morgan fingerprint density at radius 2 is 2.24 bits per heavy atom. The first-order valence-electron chi connectivity index (χ1n) is 5.96. The van der Waals surface area contributed by atoms with Gasteiger partial charge in [-0.1, -0.05) is 0 Å². The number of ether oxygens (including phenoxy) is 1. The Labute approximate surface area is 128 Å². The lowest BCUT2D eigenvalue weighted by Gasteiger charge is -2.17. The van der Waals surface area contributed by atoms with E-state index in [4.69, 9.17) is 10.5 Å². The molecule has 0 saturated carbocycles. The van der Waals surface area contributed by atoms with Crippen LogP contribution >= 0.6 is 15.9 Å². The molecule has 1 saturated heterocycles. The highest BCUT2D eigenvalue weighted by molar-refractivity contribution is 9.10. The lowest BCUT2D eigenvalue weighted by molar-refractivity contribution is -0.384. The zero-order valence-corrected chi connectivity index (χ0v) is 12.6. The number of methoxy groups -OCH3 is 1. The molecule has 1 aliphatic heterocycles. The van der Waals surface area contributed by atoms with Gasteiger partial charge in [0.1, 0.15) is 11.4 Å². The van der Waals surface area contributed by atoms with Crippen LogP contribution in [-0.4, -0.2) is 30.4 Å². The molecule has 0 spiro atoms. The quantitative estimate of drug-likeness (QED) is 0.641. The van der Waals surface area contributed by atoms with Crippen molar-refractivity contribution in [3.8, 4) is 5.75 Å². The van der Waals surface area contributed by atoms with Gasteiger partial charge in [-0.3, -0.25) is 19.7 Å². The second-order valence-corrected chi connectivity index (χ2v) is 5.39. The van der Waals surface area contributed by atoms with Crippen LogP contribution in [0.5, 0.6) is 5.75 Å². The zero-order chi connectivity index (χ0) is 15.7. The maximum absolute atomic E-state index is 12.0. The van der Waals surface area contributed by atoms with Crippen LogP contribution in [0.2, 0.25) is 0 Å². The van der Waals surface area contributed by atoms with Gasteiger partial charge in [-0.25, -0.2) is 0 Å². The zero-order valence-electron chi connectivity index (χ0n) is 11.0. The second-order valence-electron chi connectivity index (χ2n) is 4.54. The predicted molar refractivity (Wildman–Crippen MR) is 77.0 cm³/mol. The summed E-state index contributed by atoms with van der Waals surface area (Å²) >= 11 is 3.16. The van der Waals surface area contributed by atoms with Gasteiger partial charge in [-0.05, 0) is 15.9 Å². The average molecular weight is 358 g/mol. The summed E-state index contributed by atoms with van der Waals surface area (Å²) in [5.41, 5.74) is 5.04. The van der Waals surface area contributed by atoms with Gasteiger partial charge < -0.3 is 15.4 Å². The third-order valence-electron chi connectivity index (χ3n) is 3.26. The van der Waals surface area contributed by atoms with Gasteiger partial charge >= 0.3 is 0 Å². The van der Waals surface area contributed by atoms with Crippen LogP contribution < -0.4 is 15.4 Å². The van der Waals surface area contributed by atoms with Crippen molar-refractivity contribution in [2.24, 2.45) is 11.7 Å². The van der Waals surface area contributed by atoms with E-state index in [1.54, 1.807) is 0 Å². The van der Waals surface area contributed by atoms with E-state index in [2.05, 4.69) is 15.9 Å². The molecule has 8 nitrogen and oxygen atoms in total. The number of nitrogens with two attached hydrogens (primary N) is 1. The fourth-order valence-corrected chi connectivity index (χ4v) is 2.68. The van der Waals surface area contributed by atoms with Crippen LogP contribution in [0.3, 0.4) is 0 Å². The van der Waals surface area contributed by atoms with Gasteiger partial charge in [0, 0.05) is 25.1 Å². The van der Waals surface area contributed by atoms with Crippen molar-refractivity contribution < 1.29 is 19.2 Å². The molecule has 0 aliphatic carbocycles. The molecule has 2 amide bonds. The number of nitro benzene ring substituents is 1. The van der Waals surface area contributed by atoms with Gasteiger partial charge in [0.15, 0.2) is 0 Å². The molecule has 1 unspecified atom stereocenters. The third kappa shape index (κ3) is 2.82. The first-order chi connectivity index (χ1) is 9.85. The molecule has 1 fully saturated rings. The SMILES string of the molecule is COc1cc(N2CC(C(N)=O)CC2=O)c([N+](=O)[O-])cc1Br. The monoisotopic (exact) mass is 357 g/mol. The Kier molecular flexibility index (Phi) is 4.12. The molecular weight excluding hydrogens is 346 g/mol. The molecule has 0 aromatic heterocycles. The number of benzene rings is 1. The molecular formula is C12H12BrN3O5. The number of nitro groups is 1. The van der Waals surface area contributed by atoms with E-state index in [1.807, 2.05) is 0 Å². The van der Waals surface area contributed by atoms with Crippen molar-refractivity contribution in [1.82, 2.24) is 0 Å². The highest BCUT2D eigenvalue weighted by atomic mass is 79.9. The summed E-state index contributed by atoms with van der Waals surface area (Å²) < 4.78 is 5.49. The van der Waals surface area contributed by atoms with Crippen LogP contribution in [0, 0.1) is 16.0 Å². The lowest BCUT2D eigenvalue weighted by Crippen LogP contribution is -2.28. The number of anilines is 1. The summed E-state index contributed by atoms with van der Waals surface area (Å²) in [5.74, 6) is -1.28. The smallest absolute Gasteiger partial charge is 0.294 e. The molecule has 2 rings (SSSR count). The summed E-state index contributed by atoms with van der Waals surface area (Å²) in [6, 6.07) is 2.66. The summed E-state index contributed by atoms with van der Waals surface area (Å²) in [6.07, 6.45) is -0.0507. The van der Waals surface area contributed by atoms with Crippen molar-refractivity contribution in [3.63, 3.8) is 0 Å². The molecule has 0 bridgehead atoms. The summed E-state index contributed by atoms with van der Waals surface area (Å²) in [4.78, 5) is 35.0. The largest absolute Gasteiger partial charge is 0.495 e. The normalized spacial score (nSPS) is 17.9. The molecule has 2 N–H and O–H groups in total. The van der Waals surface area contributed by atoms with E-state index in [0.717, 1.165) is 0 Å². The number of carbonyl (C=O) groups is 2. The standard InChI is InChI=1S/C12H12BrN3O5/c1-21-10-4-8(9(16(19)20)3-7(10)13)15-5-6(12(14)18)2-11(15)17/h3-4,6H,2,5H2,1H3,(H2,14,18). The molecule has 1 aliphatic rings. The summed E-state index contributed by atoms with van der Waals surface area (Å²) in [7, 11) is 1.41. The van der Waals surface area contributed by atoms with Crippen molar-refractivity contribution in [3.05, 3.63) is 26.7 Å². The first-order valence-corrected chi connectivity index (χ1v) is 6.76. The van der Waals surface area contributed by atoms with Gasteiger partial charge in [-0.2, -0.15) is 0 Å². The van der Waals surface area contributed by atoms with E-state index < -0.39 is 16.7 Å². The number of carbonyl (C=O) groups excluding carboxylic acids is 2. The number of hydrogen-bond acceptors (Lipinski definition) is 5. The van der Waals surface area contributed by atoms with Crippen LogP contribution in [-0.2, 0) is 9.59 Å². The third-order valence-corrected chi connectivity index (χ3v) is 3.88. The number of primary amides is 1. The highest BCUT2D eigenvalue weighted by Gasteiger charge is 2.37. The average Bonchev–Trinajstić information content (AvgIpc) is 2.80. The fourth-order valence-electron chi connectivity index (χ4n) is 2.18. The fraction of sp³-hybridized carbons (Fsp3) is 0.333. The minimum atomic E-state index is -0.647. The number of nitrogens with zero attached hydrogens (tertiary/aromatic N) is 2. The Morgan fingerprint density at radius 1 is 1.57 bits per heavy atom. The predicted octanol–water partition coefficient (Wildman–Crippen LogP) is 1.20. The van der Waals surface area contributed by atoms with Crippen molar-refractivity contribution in [1.29, 1.82) is 0 Å². The van der Waals surface area contributed by atoms with E-state index in [-0.39, 0.29) is 30.2 Å². The topological polar surface area (TPSA) is 116 Å². The molecule has 112 valence electrons. The van der Waals surface area contributed by atoms with Crippen molar-refractivity contribution >= 4 is 39.1 Å². The second kappa shape index (κ2) is 5.68. The van der Waals surface area contributed by atoms with Crippen molar-refractivity contribution in [2.45, 2.75) is 6.42 Å². The Bertz CT molecular complexity index is 634. The Balaban J connectivity index is 2.49. The molecule has 0 radical (unpaired) electrons. The van der Waals surface area contributed by atoms with E-state index in [1.165, 1.54) is 24.1 Å². The lowest BCUT2D eigenvalue weighted by atomic mass is 10.1. The van der Waals surface area contributed by atoms with E-state index in [0.29, 0.717) is 10.2 Å². The van der Waals surface area contributed by atoms with Gasteiger partial charge in [0.25, 0.3) is 5.69 Å². The number of rotatable bonds is 4. The van der Waals surface area contributed by atoms with Crippen LogP contribution in [0.1, 0.15) is 6.42 Å². The molecule has 1 atom stereocenters. The minimum Gasteiger partial charge on any atom is -0.495 e. The van der Waals surface area contributed by atoms with E-state index >= 15 is 0 Å². The first kappa shape index (κ1) is 15.2. The van der Waals surface area contributed by atoms with Gasteiger partial charge in [0.2, 0.25) is 11.8 Å². The molecule has 1 heterocycles. The molecule has 9 heteroatoms. The van der Waals surface area contributed by atoms with E-state index in [9.17, 15) is 19.7 Å².